The van der Waals surface area contributed by atoms with Crippen LogP contribution in [0.2, 0.25) is 5.22 Å². The van der Waals surface area contributed by atoms with E-state index < -0.39 is 0 Å². The van der Waals surface area contributed by atoms with Gasteiger partial charge in [-0.15, -0.1) is 0 Å². The van der Waals surface area contributed by atoms with Crippen molar-refractivity contribution in [1.82, 2.24) is 10.3 Å². The fourth-order valence-electron chi connectivity index (χ4n) is 1.45. The molecule has 4 nitrogen and oxygen atoms in total. The Labute approximate surface area is 104 Å². The number of furan rings is 1. The Morgan fingerprint density at radius 1 is 1.53 bits per heavy atom. The first-order valence-electron chi connectivity index (χ1n) is 5.12. The van der Waals surface area contributed by atoms with E-state index in [1.54, 1.807) is 12.4 Å². The van der Waals surface area contributed by atoms with Gasteiger partial charge in [0.2, 0.25) is 5.22 Å². The Bertz CT molecular complexity index is 510. The summed E-state index contributed by atoms with van der Waals surface area (Å²) in [5.74, 6) is -0.264. The molecule has 0 aliphatic heterocycles. The van der Waals surface area contributed by atoms with Gasteiger partial charge in [-0.25, -0.2) is 0 Å². The SMILES string of the molecule is CC(NC(=O)c1ccoc1Cl)c1cccnc1. The van der Waals surface area contributed by atoms with Crippen LogP contribution < -0.4 is 5.32 Å². The number of nitrogens with one attached hydrogen (secondary N) is 1. The van der Waals surface area contributed by atoms with Gasteiger partial charge in [0, 0.05) is 12.4 Å². The molecule has 2 heterocycles. The third-order valence-electron chi connectivity index (χ3n) is 2.39. The van der Waals surface area contributed by atoms with Gasteiger partial charge in [0.15, 0.2) is 0 Å². The maximum absolute atomic E-state index is 11.8. The lowest BCUT2D eigenvalue weighted by atomic mass is 10.1. The summed E-state index contributed by atoms with van der Waals surface area (Å²) >= 11 is 5.72. The third-order valence-corrected chi connectivity index (χ3v) is 2.69. The molecule has 1 unspecified atom stereocenters. The van der Waals surface area contributed by atoms with Crippen molar-refractivity contribution in [2.75, 3.05) is 0 Å². The Balaban J connectivity index is 2.08. The molecule has 2 rings (SSSR count). The lowest BCUT2D eigenvalue weighted by Crippen LogP contribution is -2.26. The highest BCUT2D eigenvalue weighted by Gasteiger charge is 2.15. The van der Waals surface area contributed by atoms with Crippen molar-refractivity contribution >= 4 is 17.5 Å². The molecule has 0 aromatic carbocycles. The highest BCUT2D eigenvalue weighted by molar-refractivity contribution is 6.32. The van der Waals surface area contributed by atoms with E-state index in [1.165, 1.54) is 12.3 Å². The highest BCUT2D eigenvalue weighted by Crippen LogP contribution is 2.18. The average Bonchev–Trinajstić information content (AvgIpc) is 2.76. The van der Waals surface area contributed by atoms with Crippen LogP contribution in [0.15, 0.2) is 41.3 Å². The minimum Gasteiger partial charge on any atom is -0.452 e. The predicted molar refractivity (Wildman–Crippen MR) is 63.8 cm³/mol. The number of halogens is 1. The maximum atomic E-state index is 11.8. The first-order chi connectivity index (χ1) is 8.18. The molecular weight excluding hydrogens is 240 g/mol. The lowest BCUT2D eigenvalue weighted by Gasteiger charge is -2.13. The Hall–Kier alpha value is -1.81. The zero-order valence-corrected chi connectivity index (χ0v) is 9.94. The van der Waals surface area contributed by atoms with Gasteiger partial charge in [0.1, 0.15) is 0 Å². The van der Waals surface area contributed by atoms with Gasteiger partial charge in [-0.1, -0.05) is 6.07 Å². The van der Waals surface area contributed by atoms with Crippen LogP contribution in [-0.4, -0.2) is 10.9 Å². The van der Waals surface area contributed by atoms with Crippen LogP contribution in [0.4, 0.5) is 0 Å². The van der Waals surface area contributed by atoms with Crippen molar-refractivity contribution in [3.8, 4) is 0 Å². The van der Waals surface area contributed by atoms with E-state index in [0.717, 1.165) is 5.56 Å². The predicted octanol–water partition coefficient (Wildman–Crippen LogP) is 2.82. The fraction of sp³-hybridized carbons (Fsp3) is 0.167. The number of hydrogen-bond donors (Lipinski definition) is 1. The van der Waals surface area contributed by atoms with E-state index in [2.05, 4.69) is 10.3 Å². The van der Waals surface area contributed by atoms with Crippen LogP contribution in [0.5, 0.6) is 0 Å². The molecule has 0 aliphatic carbocycles. The van der Waals surface area contributed by atoms with E-state index in [-0.39, 0.29) is 17.2 Å². The fourth-order valence-corrected chi connectivity index (χ4v) is 1.65. The summed E-state index contributed by atoms with van der Waals surface area (Å²) in [6.07, 6.45) is 4.78. The molecule has 2 aromatic heterocycles. The molecule has 0 saturated heterocycles. The number of aromatic nitrogens is 1. The third kappa shape index (κ3) is 2.65. The van der Waals surface area contributed by atoms with E-state index in [9.17, 15) is 4.79 Å². The second kappa shape index (κ2) is 5.01. The molecule has 0 spiro atoms. The average molecular weight is 251 g/mol. The number of hydrogen-bond acceptors (Lipinski definition) is 3. The molecule has 0 aliphatic rings. The minimum absolute atomic E-state index is 0.0980. The molecule has 1 atom stereocenters. The minimum atomic E-state index is -0.264. The quantitative estimate of drug-likeness (QED) is 0.911. The van der Waals surface area contributed by atoms with Gasteiger partial charge >= 0.3 is 0 Å². The number of carbonyl (C=O) groups excluding carboxylic acids is 1. The summed E-state index contributed by atoms with van der Waals surface area (Å²) in [5, 5.41) is 2.91. The van der Waals surface area contributed by atoms with Crippen LogP contribution in [0.3, 0.4) is 0 Å². The molecule has 0 saturated carbocycles. The second-order valence-electron chi connectivity index (χ2n) is 3.59. The van der Waals surface area contributed by atoms with Crippen molar-refractivity contribution in [2.45, 2.75) is 13.0 Å². The van der Waals surface area contributed by atoms with E-state index in [1.807, 2.05) is 19.1 Å². The van der Waals surface area contributed by atoms with Gasteiger partial charge in [-0.3, -0.25) is 9.78 Å². The molecule has 2 aromatic rings. The van der Waals surface area contributed by atoms with Crippen LogP contribution >= 0.6 is 11.6 Å². The zero-order valence-electron chi connectivity index (χ0n) is 9.18. The van der Waals surface area contributed by atoms with Gasteiger partial charge < -0.3 is 9.73 Å². The molecule has 17 heavy (non-hydrogen) atoms. The Kier molecular flexibility index (Phi) is 3.44. The molecule has 1 amide bonds. The molecule has 0 fully saturated rings. The van der Waals surface area contributed by atoms with Crippen LogP contribution in [0, 0.1) is 0 Å². The molecule has 0 radical (unpaired) electrons. The summed E-state index contributed by atoms with van der Waals surface area (Å²) in [7, 11) is 0. The van der Waals surface area contributed by atoms with Crippen molar-refractivity contribution < 1.29 is 9.21 Å². The van der Waals surface area contributed by atoms with Crippen molar-refractivity contribution in [3.63, 3.8) is 0 Å². The maximum Gasteiger partial charge on any atom is 0.256 e. The summed E-state index contributed by atoms with van der Waals surface area (Å²) < 4.78 is 4.87. The largest absolute Gasteiger partial charge is 0.452 e. The monoisotopic (exact) mass is 250 g/mol. The summed E-state index contributed by atoms with van der Waals surface area (Å²) in [4.78, 5) is 15.8. The normalized spacial score (nSPS) is 12.1. The molecule has 88 valence electrons. The Morgan fingerprint density at radius 2 is 2.35 bits per heavy atom. The number of rotatable bonds is 3. The first kappa shape index (κ1) is 11.7. The van der Waals surface area contributed by atoms with Crippen molar-refractivity contribution in [2.24, 2.45) is 0 Å². The number of amides is 1. The van der Waals surface area contributed by atoms with E-state index in [0.29, 0.717) is 5.56 Å². The summed E-state index contributed by atoms with van der Waals surface area (Å²) in [6.45, 7) is 1.88. The standard InChI is InChI=1S/C12H11ClN2O2/c1-8(9-3-2-5-14-7-9)15-12(16)10-4-6-17-11(10)13/h2-8H,1H3,(H,15,16). The molecular formula is C12H11ClN2O2. The molecule has 5 heteroatoms. The van der Waals surface area contributed by atoms with Crippen LogP contribution in [0.25, 0.3) is 0 Å². The van der Waals surface area contributed by atoms with Crippen LogP contribution in [0.1, 0.15) is 28.9 Å². The number of nitrogens with zero attached hydrogens (tertiary/aromatic N) is 1. The summed E-state index contributed by atoms with van der Waals surface area (Å²) in [5.41, 5.74) is 1.27. The van der Waals surface area contributed by atoms with Gasteiger partial charge in [-0.2, -0.15) is 0 Å². The number of carbonyl (C=O) groups is 1. The topological polar surface area (TPSA) is 55.1 Å². The Morgan fingerprint density at radius 3 is 2.94 bits per heavy atom. The van der Waals surface area contributed by atoms with Gasteiger partial charge in [0.25, 0.3) is 5.91 Å². The molecule has 0 bridgehead atoms. The van der Waals surface area contributed by atoms with Gasteiger partial charge in [0.05, 0.1) is 17.9 Å². The van der Waals surface area contributed by atoms with Crippen molar-refractivity contribution in [1.29, 1.82) is 0 Å². The molecule has 1 N–H and O–H groups in total. The van der Waals surface area contributed by atoms with Crippen LogP contribution in [-0.2, 0) is 0 Å². The first-order valence-corrected chi connectivity index (χ1v) is 5.50. The smallest absolute Gasteiger partial charge is 0.256 e. The second-order valence-corrected chi connectivity index (χ2v) is 3.93. The van der Waals surface area contributed by atoms with Crippen molar-refractivity contribution in [3.05, 3.63) is 53.2 Å². The van der Waals surface area contributed by atoms with E-state index in [4.69, 9.17) is 16.0 Å². The highest BCUT2D eigenvalue weighted by atomic mass is 35.5. The summed E-state index contributed by atoms with van der Waals surface area (Å²) in [6, 6.07) is 5.12. The van der Waals surface area contributed by atoms with E-state index >= 15 is 0 Å². The number of pyridine rings is 1. The zero-order chi connectivity index (χ0) is 12.3. The van der Waals surface area contributed by atoms with Gasteiger partial charge in [-0.05, 0) is 36.2 Å². The lowest BCUT2D eigenvalue weighted by molar-refractivity contribution is 0.0939.